The molecule has 34 heavy (non-hydrogen) atoms. The molecule has 0 saturated heterocycles. The quantitative estimate of drug-likeness (QED) is 0.332. The van der Waals surface area contributed by atoms with E-state index in [1.54, 1.807) is 23.9 Å². The van der Waals surface area contributed by atoms with Crippen molar-refractivity contribution < 1.29 is 19.1 Å². The summed E-state index contributed by atoms with van der Waals surface area (Å²) in [5.74, 6) is -1.12. The number of carbonyl (C=O) groups is 3. The maximum Gasteiger partial charge on any atom is 0.306 e. The van der Waals surface area contributed by atoms with E-state index >= 15 is 0 Å². The lowest BCUT2D eigenvalue weighted by atomic mass is 10.2. The Morgan fingerprint density at radius 2 is 1.29 bits per heavy atom. The Morgan fingerprint density at radius 3 is 1.91 bits per heavy atom. The van der Waals surface area contributed by atoms with Crippen molar-refractivity contribution in [3.63, 3.8) is 0 Å². The highest BCUT2D eigenvalue weighted by Crippen LogP contribution is 2.29. The van der Waals surface area contributed by atoms with E-state index in [0.717, 1.165) is 15.4 Å². The summed E-state index contributed by atoms with van der Waals surface area (Å²) in [5, 5.41) is 6.17. The molecule has 0 heterocycles. The summed E-state index contributed by atoms with van der Waals surface area (Å²) in [7, 11) is 0. The van der Waals surface area contributed by atoms with Crippen LogP contribution in [0.15, 0.2) is 82.6 Å². The van der Waals surface area contributed by atoms with Crippen molar-refractivity contribution in [3.8, 4) is 0 Å². The number of carbonyl (C=O) groups excluding carboxylic acids is 3. The average Bonchev–Trinajstić information content (AvgIpc) is 2.82. The van der Waals surface area contributed by atoms with Gasteiger partial charge in [0.1, 0.15) is 0 Å². The lowest BCUT2D eigenvalue weighted by Crippen LogP contribution is -2.21. The van der Waals surface area contributed by atoms with Gasteiger partial charge in [0.15, 0.2) is 6.61 Å². The molecule has 3 aromatic carbocycles. The Labute approximate surface area is 208 Å². The van der Waals surface area contributed by atoms with Gasteiger partial charge in [-0.3, -0.25) is 14.4 Å². The summed E-state index contributed by atoms with van der Waals surface area (Å²) in [6.45, 7) is 1.59. The summed E-state index contributed by atoms with van der Waals surface area (Å²) in [6, 6.07) is 22.4. The van der Waals surface area contributed by atoms with E-state index in [9.17, 15) is 14.4 Å². The van der Waals surface area contributed by atoms with E-state index in [1.165, 1.54) is 0 Å². The molecule has 0 unspecified atom stereocenters. The molecule has 0 aliphatic carbocycles. The topological polar surface area (TPSA) is 84.5 Å². The van der Waals surface area contributed by atoms with Crippen LogP contribution >= 0.6 is 23.4 Å². The number of benzene rings is 3. The lowest BCUT2D eigenvalue weighted by molar-refractivity contribution is -0.147. The van der Waals surface area contributed by atoms with Crippen LogP contribution in [0.1, 0.15) is 24.8 Å². The van der Waals surface area contributed by atoms with Crippen LogP contribution in [0.5, 0.6) is 0 Å². The van der Waals surface area contributed by atoms with Gasteiger partial charge in [-0.2, -0.15) is 0 Å². The molecule has 3 aromatic rings. The predicted molar refractivity (Wildman–Crippen MR) is 135 cm³/mol. The van der Waals surface area contributed by atoms with Crippen molar-refractivity contribution in [2.75, 3.05) is 17.2 Å². The van der Waals surface area contributed by atoms with Crippen molar-refractivity contribution in [1.82, 2.24) is 0 Å². The predicted octanol–water partition coefficient (Wildman–Crippen LogP) is 6.09. The number of esters is 1. The third-order valence-electron chi connectivity index (χ3n) is 4.67. The normalized spacial score (nSPS) is 10.4. The van der Waals surface area contributed by atoms with Gasteiger partial charge in [-0.1, -0.05) is 41.1 Å². The number of amides is 2. The summed E-state index contributed by atoms with van der Waals surface area (Å²) >= 11 is 7.50. The van der Waals surface area contributed by atoms with E-state index in [4.69, 9.17) is 16.3 Å². The Morgan fingerprint density at radius 1 is 0.765 bits per heavy atom. The Kier molecular flexibility index (Phi) is 9.55. The van der Waals surface area contributed by atoms with E-state index in [2.05, 4.69) is 10.6 Å². The van der Waals surface area contributed by atoms with Gasteiger partial charge in [0.25, 0.3) is 5.91 Å². The zero-order valence-electron chi connectivity index (χ0n) is 18.7. The van der Waals surface area contributed by atoms with Crippen molar-refractivity contribution in [1.29, 1.82) is 0 Å². The van der Waals surface area contributed by atoms with Crippen LogP contribution in [0.4, 0.5) is 11.4 Å². The smallest absolute Gasteiger partial charge is 0.306 e. The molecule has 6 nitrogen and oxygen atoms in total. The van der Waals surface area contributed by atoms with Gasteiger partial charge >= 0.3 is 5.97 Å². The zero-order chi connectivity index (χ0) is 24.3. The second-order valence-corrected chi connectivity index (χ2v) is 9.14. The molecule has 0 aliphatic heterocycles. The van der Waals surface area contributed by atoms with Crippen LogP contribution in [0.25, 0.3) is 0 Å². The van der Waals surface area contributed by atoms with Crippen LogP contribution in [0.3, 0.4) is 0 Å². The first-order valence-electron chi connectivity index (χ1n) is 10.7. The number of hydrogen-bond acceptors (Lipinski definition) is 5. The summed E-state index contributed by atoms with van der Waals surface area (Å²) in [6.07, 6.45) is 0.558. The maximum absolute atomic E-state index is 12.1. The molecule has 0 bridgehead atoms. The fourth-order valence-corrected chi connectivity index (χ4v) is 3.86. The minimum Gasteiger partial charge on any atom is -0.456 e. The van der Waals surface area contributed by atoms with Gasteiger partial charge in [-0.15, -0.1) is 0 Å². The van der Waals surface area contributed by atoms with Crippen LogP contribution < -0.4 is 10.6 Å². The van der Waals surface area contributed by atoms with Gasteiger partial charge in [-0.05, 0) is 74.0 Å². The number of halogens is 1. The van der Waals surface area contributed by atoms with Gasteiger partial charge in [0, 0.05) is 39.0 Å². The number of anilines is 2. The molecule has 2 amide bonds. The van der Waals surface area contributed by atoms with E-state index < -0.39 is 11.9 Å². The third-order valence-corrected chi connectivity index (χ3v) is 5.94. The molecule has 0 aromatic heterocycles. The Hall–Kier alpha value is -3.29. The highest BCUT2D eigenvalue weighted by molar-refractivity contribution is 7.99. The molecule has 176 valence electrons. The average molecular weight is 497 g/mol. The molecule has 0 radical (unpaired) electrons. The minimum absolute atomic E-state index is 0.0574. The standard InChI is InChI=1S/C26H25ClN2O4S/c1-18-5-9-20(10-6-18)29-25(31)17-33-26(32)4-2-3-24(30)28-21-11-15-23(16-12-21)34-22-13-7-19(27)8-14-22/h5-16H,2-4,17H2,1H3,(H,28,30)(H,29,31). The molecule has 2 N–H and O–H groups in total. The molecule has 0 fully saturated rings. The van der Waals surface area contributed by atoms with Crippen molar-refractivity contribution in [2.24, 2.45) is 0 Å². The summed E-state index contributed by atoms with van der Waals surface area (Å²) in [5.41, 5.74) is 2.40. The van der Waals surface area contributed by atoms with Gasteiger partial charge < -0.3 is 15.4 Å². The first-order chi connectivity index (χ1) is 16.4. The minimum atomic E-state index is -0.518. The molecule has 0 spiro atoms. The summed E-state index contributed by atoms with van der Waals surface area (Å²) < 4.78 is 4.98. The highest BCUT2D eigenvalue weighted by atomic mass is 35.5. The molecule has 0 saturated carbocycles. The Balaban J connectivity index is 1.32. The van der Waals surface area contributed by atoms with Crippen LogP contribution in [-0.2, 0) is 19.1 Å². The summed E-state index contributed by atoms with van der Waals surface area (Å²) in [4.78, 5) is 38.0. The Bertz CT molecular complexity index is 1120. The lowest BCUT2D eigenvalue weighted by Gasteiger charge is -2.08. The molecule has 3 rings (SSSR count). The second kappa shape index (κ2) is 12.8. The van der Waals surface area contributed by atoms with E-state index in [0.29, 0.717) is 22.8 Å². The number of nitrogens with one attached hydrogen (secondary N) is 2. The monoisotopic (exact) mass is 496 g/mol. The van der Waals surface area contributed by atoms with Crippen LogP contribution in [-0.4, -0.2) is 24.4 Å². The number of aryl methyl sites for hydroxylation is 1. The van der Waals surface area contributed by atoms with E-state index in [1.807, 2.05) is 67.6 Å². The molecular weight excluding hydrogens is 472 g/mol. The molecular formula is C26H25ClN2O4S. The third kappa shape index (κ3) is 8.92. The van der Waals surface area contributed by atoms with Crippen LogP contribution in [0, 0.1) is 6.92 Å². The number of hydrogen-bond donors (Lipinski definition) is 2. The first-order valence-corrected chi connectivity index (χ1v) is 11.9. The van der Waals surface area contributed by atoms with Crippen molar-refractivity contribution in [3.05, 3.63) is 83.4 Å². The highest BCUT2D eigenvalue weighted by Gasteiger charge is 2.10. The number of rotatable bonds is 10. The first kappa shape index (κ1) is 25.3. The van der Waals surface area contributed by atoms with Crippen LogP contribution in [0.2, 0.25) is 5.02 Å². The fraction of sp³-hybridized carbons (Fsp3) is 0.192. The maximum atomic E-state index is 12.1. The fourth-order valence-electron chi connectivity index (χ4n) is 2.91. The van der Waals surface area contributed by atoms with Gasteiger partial charge in [0.2, 0.25) is 5.91 Å². The zero-order valence-corrected chi connectivity index (χ0v) is 20.2. The SMILES string of the molecule is Cc1ccc(NC(=O)COC(=O)CCCC(=O)Nc2ccc(Sc3ccc(Cl)cc3)cc2)cc1. The van der Waals surface area contributed by atoms with E-state index in [-0.39, 0.29) is 25.4 Å². The molecule has 8 heteroatoms. The van der Waals surface area contributed by atoms with Crippen molar-refractivity contribution >= 4 is 52.5 Å². The molecule has 0 aliphatic rings. The number of ether oxygens (including phenoxy) is 1. The van der Waals surface area contributed by atoms with Gasteiger partial charge in [-0.25, -0.2) is 0 Å². The van der Waals surface area contributed by atoms with Gasteiger partial charge in [0.05, 0.1) is 0 Å². The van der Waals surface area contributed by atoms with Crippen molar-refractivity contribution in [2.45, 2.75) is 36.0 Å². The largest absolute Gasteiger partial charge is 0.456 e. The second-order valence-electron chi connectivity index (χ2n) is 7.56. The molecule has 0 atom stereocenters.